The maximum absolute atomic E-state index is 14.5. The highest BCUT2D eigenvalue weighted by Crippen LogP contribution is 2.57. The first-order valence-electron chi connectivity index (χ1n) is 24.3. The third kappa shape index (κ3) is 9.80. The maximum atomic E-state index is 14.5. The summed E-state index contributed by atoms with van der Waals surface area (Å²) in [4.78, 5) is 14.5. The van der Waals surface area contributed by atoms with Gasteiger partial charge in [0.2, 0.25) is 0 Å². The van der Waals surface area contributed by atoms with Gasteiger partial charge in [-0.15, -0.1) is 0 Å². The van der Waals surface area contributed by atoms with Crippen molar-refractivity contribution in [2.24, 2.45) is 23.7 Å². The summed E-state index contributed by atoms with van der Waals surface area (Å²) in [5.74, 6) is 3.59. The Hall–Kier alpha value is -2.60. The molecule has 0 amide bonds. The Labute approximate surface area is 343 Å². The topological polar surface area (TPSA) is 61.1 Å². The molecule has 4 aliphatic carbocycles. The number of unbranched alkanes of at least 4 members (excludes halogenated alkanes) is 2. The van der Waals surface area contributed by atoms with Crippen molar-refractivity contribution in [2.45, 2.75) is 224 Å². The molecule has 308 valence electrons. The fourth-order valence-electron chi connectivity index (χ4n) is 12.9. The van der Waals surface area contributed by atoms with Crippen LogP contribution >= 0.6 is 0 Å². The van der Waals surface area contributed by atoms with Crippen LogP contribution in [0.1, 0.15) is 252 Å². The van der Waals surface area contributed by atoms with Gasteiger partial charge in [-0.1, -0.05) is 141 Å². The van der Waals surface area contributed by atoms with Gasteiger partial charge in [-0.2, -0.15) is 5.26 Å². The second kappa shape index (κ2) is 20.9. The van der Waals surface area contributed by atoms with Gasteiger partial charge in [-0.05, 0) is 159 Å². The molecule has 0 radical (unpaired) electrons. The molecule has 4 saturated carbocycles. The molecular formula is C53H79NO2. The molecule has 0 heterocycles. The van der Waals surface area contributed by atoms with E-state index in [1.54, 1.807) is 0 Å². The third-order valence-electron chi connectivity index (χ3n) is 16.1. The zero-order valence-electron chi connectivity index (χ0n) is 36.3. The maximum Gasteiger partial charge on any atom is 0.314 e. The number of nitriles is 1. The lowest BCUT2D eigenvalue weighted by Crippen LogP contribution is -2.47. The highest BCUT2D eigenvalue weighted by molar-refractivity contribution is 5.84. The van der Waals surface area contributed by atoms with Gasteiger partial charge in [0.05, 0.1) is 17.0 Å². The van der Waals surface area contributed by atoms with E-state index in [9.17, 15) is 15.2 Å². The van der Waals surface area contributed by atoms with E-state index in [-0.39, 0.29) is 5.92 Å². The Kier molecular flexibility index (Phi) is 16.0. The van der Waals surface area contributed by atoms with E-state index < -0.39 is 11.4 Å². The number of rotatable bonds is 17. The summed E-state index contributed by atoms with van der Waals surface area (Å²) in [7, 11) is 0. The number of aliphatic carboxylic acids is 1. The second-order valence-corrected chi connectivity index (χ2v) is 19.6. The minimum Gasteiger partial charge on any atom is -0.481 e. The molecule has 1 N–H and O–H groups in total. The molecule has 56 heavy (non-hydrogen) atoms. The van der Waals surface area contributed by atoms with Gasteiger partial charge >= 0.3 is 5.97 Å². The van der Waals surface area contributed by atoms with Crippen LogP contribution < -0.4 is 0 Å². The second-order valence-electron chi connectivity index (χ2n) is 19.6. The predicted molar refractivity (Wildman–Crippen MR) is 235 cm³/mol. The van der Waals surface area contributed by atoms with Crippen LogP contribution in [0.15, 0.2) is 36.4 Å². The van der Waals surface area contributed by atoms with Crippen molar-refractivity contribution in [2.75, 3.05) is 0 Å². The molecule has 3 heteroatoms. The van der Waals surface area contributed by atoms with E-state index >= 15 is 0 Å². The SMILES string of the molecule is CCCCC[C@H]1CC[C@H]([C@H]2CC[C@](C(=O)O)(c3cc(C#N)c(C4CCCCC4)cc3C(CCC)CCC)[C@@H](c3ccc([C@H]4CC[C@H](CCC)CC4)cc3)C2)CC1. The molecule has 4 aliphatic rings. The summed E-state index contributed by atoms with van der Waals surface area (Å²) >= 11 is 0. The average Bonchev–Trinajstić information content (AvgIpc) is 3.24. The Bertz CT molecular complexity index is 1540. The minimum absolute atomic E-state index is 0.106. The summed E-state index contributed by atoms with van der Waals surface area (Å²) in [5.41, 5.74) is 5.86. The average molecular weight is 762 g/mol. The van der Waals surface area contributed by atoms with Crippen LogP contribution in [0.4, 0.5) is 0 Å². The lowest BCUT2D eigenvalue weighted by Gasteiger charge is -2.48. The Balaban J connectivity index is 1.41. The molecule has 3 nitrogen and oxygen atoms in total. The summed E-state index contributed by atoms with van der Waals surface area (Å²) < 4.78 is 0. The van der Waals surface area contributed by atoms with E-state index in [2.05, 4.69) is 70.2 Å². The van der Waals surface area contributed by atoms with Gasteiger partial charge in [-0.3, -0.25) is 4.79 Å². The first-order chi connectivity index (χ1) is 27.4. The standard InChI is InChI=1S/C53H79NO2/c1-5-9-11-17-39-22-26-42(27-23-39)46-32-33-53(52(55)56,50(34-46)45-30-28-41(29-31-45)40-24-20-38(14-6-2)21-25-40)51-35-47(37-54)48(44-18-12-10-13-19-44)36-49(51)43(15-7-3)16-8-4/h28-31,35-36,38-40,42-44,46,50H,5-27,32-34H2,1-4H3,(H,55,56)/t38-,39-,40-,42-,46-,50+,53+/m0/s1. The van der Waals surface area contributed by atoms with Crippen LogP contribution in [0, 0.1) is 35.0 Å². The van der Waals surface area contributed by atoms with Crippen molar-refractivity contribution in [1.29, 1.82) is 5.26 Å². The zero-order chi connectivity index (χ0) is 39.5. The fraction of sp³-hybridized carbons (Fsp3) is 0.736. The molecule has 2 aromatic carbocycles. The van der Waals surface area contributed by atoms with Gasteiger partial charge in [0.25, 0.3) is 0 Å². The first kappa shape index (κ1) is 43.0. The number of benzene rings is 2. The number of nitrogens with zero attached hydrogens (tertiary/aromatic N) is 1. The van der Waals surface area contributed by atoms with Crippen LogP contribution in [-0.4, -0.2) is 11.1 Å². The first-order valence-corrected chi connectivity index (χ1v) is 24.3. The van der Waals surface area contributed by atoms with Gasteiger partial charge < -0.3 is 5.11 Å². The van der Waals surface area contributed by atoms with E-state index in [1.807, 2.05) is 0 Å². The summed E-state index contributed by atoms with van der Waals surface area (Å²) in [6.07, 6.45) is 31.5. The molecular weight excluding hydrogens is 683 g/mol. The highest BCUT2D eigenvalue weighted by Gasteiger charge is 2.54. The van der Waals surface area contributed by atoms with Crippen molar-refractivity contribution in [3.05, 3.63) is 69.8 Å². The number of carbonyl (C=O) groups is 1. The molecule has 0 aliphatic heterocycles. The molecule has 2 aromatic rings. The highest BCUT2D eigenvalue weighted by atomic mass is 16.4. The lowest BCUT2D eigenvalue weighted by atomic mass is 9.54. The summed E-state index contributed by atoms with van der Waals surface area (Å²) in [6, 6.07) is 16.7. The summed E-state index contributed by atoms with van der Waals surface area (Å²) in [6.45, 7) is 9.19. The van der Waals surface area contributed by atoms with Crippen LogP contribution in [0.25, 0.3) is 0 Å². The molecule has 4 fully saturated rings. The lowest BCUT2D eigenvalue weighted by molar-refractivity contribution is -0.147. The quantitative estimate of drug-likeness (QED) is 0.163. The van der Waals surface area contributed by atoms with Gasteiger partial charge in [0, 0.05) is 5.92 Å². The minimum atomic E-state index is -1.04. The van der Waals surface area contributed by atoms with Crippen molar-refractivity contribution < 1.29 is 9.90 Å². The number of hydrogen-bond donors (Lipinski definition) is 1. The molecule has 0 aromatic heterocycles. The number of carboxylic acids is 1. The van der Waals surface area contributed by atoms with Gasteiger partial charge in [0.1, 0.15) is 0 Å². The van der Waals surface area contributed by atoms with E-state index in [0.717, 1.165) is 74.3 Å². The third-order valence-corrected chi connectivity index (χ3v) is 16.1. The Morgan fingerprint density at radius 2 is 1.36 bits per heavy atom. The van der Waals surface area contributed by atoms with Crippen LogP contribution in [0.5, 0.6) is 0 Å². The molecule has 0 unspecified atom stereocenters. The normalized spacial score (nSPS) is 28.9. The van der Waals surface area contributed by atoms with Crippen LogP contribution in [-0.2, 0) is 10.2 Å². The zero-order valence-corrected chi connectivity index (χ0v) is 36.3. The smallest absolute Gasteiger partial charge is 0.314 e. The molecule has 0 saturated heterocycles. The Morgan fingerprint density at radius 3 is 1.96 bits per heavy atom. The number of hydrogen-bond acceptors (Lipinski definition) is 2. The predicted octanol–water partition coefficient (Wildman–Crippen LogP) is 15.7. The monoisotopic (exact) mass is 762 g/mol. The molecule has 6 rings (SSSR count). The largest absolute Gasteiger partial charge is 0.481 e. The fourth-order valence-corrected chi connectivity index (χ4v) is 12.9. The van der Waals surface area contributed by atoms with Crippen molar-refractivity contribution in [1.82, 2.24) is 0 Å². The van der Waals surface area contributed by atoms with Crippen LogP contribution in [0.2, 0.25) is 0 Å². The van der Waals surface area contributed by atoms with E-state index in [0.29, 0.717) is 36.0 Å². The van der Waals surface area contributed by atoms with Crippen molar-refractivity contribution >= 4 is 5.97 Å². The van der Waals surface area contributed by atoms with E-state index in [1.165, 1.54) is 131 Å². The molecule has 0 spiro atoms. The number of carboxylic acid groups (broad SMARTS) is 1. The molecule has 0 bridgehead atoms. The van der Waals surface area contributed by atoms with Crippen LogP contribution in [0.3, 0.4) is 0 Å². The van der Waals surface area contributed by atoms with E-state index in [4.69, 9.17) is 0 Å². The Morgan fingerprint density at radius 1 is 0.714 bits per heavy atom. The van der Waals surface area contributed by atoms with Gasteiger partial charge in [0.15, 0.2) is 0 Å². The van der Waals surface area contributed by atoms with Crippen molar-refractivity contribution in [3.8, 4) is 6.07 Å². The molecule has 3 atom stereocenters. The van der Waals surface area contributed by atoms with Crippen molar-refractivity contribution in [3.63, 3.8) is 0 Å². The summed E-state index contributed by atoms with van der Waals surface area (Å²) in [5, 5.41) is 22.7. The van der Waals surface area contributed by atoms with Gasteiger partial charge in [-0.25, -0.2) is 0 Å².